The third-order valence-electron chi connectivity index (χ3n) is 4.67. The number of hydrogen-bond acceptors (Lipinski definition) is 3. The van der Waals surface area contributed by atoms with Crippen LogP contribution >= 0.6 is 0 Å². The molecule has 0 radical (unpaired) electrons. The molecule has 5 nitrogen and oxygen atoms in total. The lowest BCUT2D eigenvalue weighted by atomic mass is 10.1. The number of hydrogen-bond donors (Lipinski definition) is 0. The Morgan fingerprint density at radius 3 is 2.54 bits per heavy atom. The van der Waals surface area contributed by atoms with Crippen molar-refractivity contribution in [1.82, 2.24) is 19.6 Å². The maximum absolute atomic E-state index is 12.3. The molecule has 1 aliphatic rings. The molecule has 0 saturated carbocycles. The Labute approximate surface area is 143 Å². The van der Waals surface area contributed by atoms with Crippen LogP contribution in [0.15, 0.2) is 30.3 Å². The largest absolute Gasteiger partial charge is 0.347 e. The van der Waals surface area contributed by atoms with Crippen LogP contribution in [0.5, 0.6) is 0 Å². The molecule has 1 aliphatic heterocycles. The minimum atomic E-state index is 0.0238. The van der Waals surface area contributed by atoms with Gasteiger partial charge < -0.3 is 4.90 Å². The molecule has 128 valence electrons. The second kappa shape index (κ2) is 6.77. The summed E-state index contributed by atoms with van der Waals surface area (Å²) >= 11 is 0. The molecular formula is C19H26N4O. The fraction of sp³-hybridized carbons (Fsp3) is 0.474. The Balaban J connectivity index is 1.72. The molecule has 24 heavy (non-hydrogen) atoms. The van der Waals surface area contributed by atoms with Gasteiger partial charge in [-0.25, -0.2) is 4.68 Å². The quantitative estimate of drug-likeness (QED) is 0.867. The molecule has 0 bridgehead atoms. The Hall–Kier alpha value is -2.14. The standard InChI is InChI=1S/C19H26N4O/c1-14-12-15(2)23(20-14)17-9-7-16(8-10-17)13-22-11-5-6-18(22)19(24)21(3)4/h7-10,12,18H,5-6,11,13H2,1-4H3/t18-/m0/s1. The zero-order valence-electron chi connectivity index (χ0n) is 15.0. The summed E-state index contributed by atoms with van der Waals surface area (Å²) in [6.45, 7) is 5.88. The van der Waals surface area contributed by atoms with Crippen LogP contribution in [0.25, 0.3) is 5.69 Å². The maximum atomic E-state index is 12.3. The fourth-order valence-corrected chi connectivity index (χ4v) is 3.46. The van der Waals surface area contributed by atoms with Crippen LogP contribution in [0.4, 0.5) is 0 Å². The molecular weight excluding hydrogens is 300 g/mol. The van der Waals surface area contributed by atoms with E-state index in [4.69, 9.17) is 0 Å². The lowest BCUT2D eigenvalue weighted by Crippen LogP contribution is -2.42. The van der Waals surface area contributed by atoms with E-state index in [-0.39, 0.29) is 11.9 Å². The molecule has 0 spiro atoms. The molecule has 1 atom stereocenters. The molecule has 3 rings (SSSR count). The van der Waals surface area contributed by atoms with E-state index in [1.165, 1.54) is 5.56 Å². The average molecular weight is 326 g/mol. The highest BCUT2D eigenvalue weighted by Gasteiger charge is 2.31. The van der Waals surface area contributed by atoms with Gasteiger partial charge in [-0.1, -0.05) is 12.1 Å². The molecule has 0 unspecified atom stereocenters. The van der Waals surface area contributed by atoms with Crippen LogP contribution in [0, 0.1) is 13.8 Å². The highest BCUT2D eigenvalue weighted by atomic mass is 16.2. The van der Waals surface area contributed by atoms with Gasteiger partial charge in [-0.2, -0.15) is 5.10 Å². The van der Waals surface area contributed by atoms with Crippen LogP contribution in [-0.4, -0.2) is 52.2 Å². The molecule has 1 saturated heterocycles. The number of rotatable bonds is 4. The highest BCUT2D eigenvalue weighted by molar-refractivity contribution is 5.81. The highest BCUT2D eigenvalue weighted by Crippen LogP contribution is 2.22. The van der Waals surface area contributed by atoms with Crippen molar-refractivity contribution in [3.05, 3.63) is 47.3 Å². The average Bonchev–Trinajstić information content (AvgIpc) is 3.13. The monoisotopic (exact) mass is 326 g/mol. The number of benzene rings is 1. The summed E-state index contributed by atoms with van der Waals surface area (Å²) in [4.78, 5) is 16.3. The second-order valence-electron chi connectivity index (χ2n) is 6.87. The molecule has 5 heteroatoms. The zero-order chi connectivity index (χ0) is 17.3. The van der Waals surface area contributed by atoms with Crippen LogP contribution < -0.4 is 0 Å². The first-order chi connectivity index (χ1) is 11.5. The predicted octanol–water partition coefficient (Wildman–Crippen LogP) is 2.54. The summed E-state index contributed by atoms with van der Waals surface area (Å²) in [7, 11) is 3.67. The van der Waals surface area contributed by atoms with Crippen molar-refractivity contribution in [2.75, 3.05) is 20.6 Å². The molecule has 0 N–H and O–H groups in total. The van der Waals surface area contributed by atoms with E-state index in [0.29, 0.717) is 0 Å². The second-order valence-corrected chi connectivity index (χ2v) is 6.87. The smallest absolute Gasteiger partial charge is 0.239 e. The van der Waals surface area contributed by atoms with Crippen molar-refractivity contribution in [3.8, 4) is 5.69 Å². The van der Waals surface area contributed by atoms with Crippen LogP contribution in [0.2, 0.25) is 0 Å². The lowest BCUT2D eigenvalue weighted by Gasteiger charge is -2.26. The number of carbonyl (C=O) groups is 1. The SMILES string of the molecule is Cc1cc(C)n(-c2ccc(CN3CCC[C@H]3C(=O)N(C)C)cc2)n1. The van der Waals surface area contributed by atoms with Crippen molar-refractivity contribution in [3.63, 3.8) is 0 Å². The van der Waals surface area contributed by atoms with E-state index in [1.807, 2.05) is 25.7 Å². The number of amides is 1. The third-order valence-corrected chi connectivity index (χ3v) is 4.67. The van der Waals surface area contributed by atoms with Crippen molar-refractivity contribution in [1.29, 1.82) is 0 Å². The Kier molecular flexibility index (Phi) is 4.71. The van der Waals surface area contributed by atoms with E-state index in [2.05, 4.69) is 47.3 Å². The first-order valence-electron chi connectivity index (χ1n) is 8.53. The first kappa shape index (κ1) is 16.7. The molecule has 1 fully saturated rings. The van der Waals surface area contributed by atoms with Crippen molar-refractivity contribution < 1.29 is 4.79 Å². The predicted molar refractivity (Wildman–Crippen MR) is 95.2 cm³/mol. The summed E-state index contributed by atoms with van der Waals surface area (Å²) in [6, 6.07) is 10.6. The fourth-order valence-electron chi connectivity index (χ4n) is 3.46. The van der Waals surface area contributed by atoms with Crippen LogP contribution in [0.1, 0.15) is 29.8 Å². The van der Waals surface area contributed by atoms with Gasteiger partial charge in [0.15, 0.2) is 0 Å². The third kappa shape index (κ3) is 3.36. The van der Waals surface area contributed by atoms with Crippen LogP contribution in [-0.2, 0) is 11.3 Å². The minimum Gasteiger partial charge on any atom is -0.347 e. The van der Waals surface area contributed by atoms with Gasteiger partial charge in [0.05, 0.1) is 17.4 Å². The van der Waals surface area contributed by atoms with Crippen LogP contribution in [0.3, 0.4) is 0 Å². The van der Waals surface area contributed by atoms with Gasteiger partial charge in [-0.15, -0.1) is 0 Å². The van der Waals surface area contributed by atoms with Gasteiger partial charge in [-0.3, -0.25) is 9.69 Å². The topological polar surface area (TPSA) is 41.4 Å². The van der Waals surface area contributed by atoms with Gasteiger partial charge >= 0.3 is 0 Å². The Morgan fingerprint density at radius 1 is 1.25 bits per heavy atom. The van der Waals surface area contributed by atoms with Crippen molar-refractivity contribution >= 4 is 5.91 Å². The normalized spacial score (nSPS) is 18.1. The summed E-state index contributed by atoms with van der Waals surface area (Å²) in [5.74, 6) is 0.215. The number of likely N-dealkylation sites (N-methyl/N-ethyl adjacent to an activating group) is 1. The molecule has 1 aromatic heterocycles. The first-order valence-corrected chi connectivity index (χ1v) is 8.53. The molecule has 1 aromatic carbocycles. The van der Waals surface area contributed by atoms with Crippen molar-refractivity contribution in [2.45, 2.75) is 39.3 Å². The summed E-state index contributed by atoms with van der Waals surface area (Å²) < 4.78 is 1.97. The van der Waals surface area contributed by atoms with E-state index >= 15 is 0 Å². The van der Waals surface area contributed by atoms with Gasteiger partial charge in [-0.05, 0) is 57.0 Å². The van der Waals surface area contributed by atoms with Crippen molar-refractivity contribution in [2.24, 2.45) is 0 Å². The van der Waals surface area contributed by atoms with Gasteiger partial charge in [0.1, 0.15) is 0 Å². The lowest BCUT2D eigenvalue weighted by molar-refractivity contribution is -0.133. The van der Waals surface area contributed by atoms with Gasteiger partial charge in [0.25, 0.3) is 0 Å². The molecule has 0 aliphatic carbocycles. The van der Waals surface area contributed by atoms with Gasteiger partial charge in [0, 0.05) is 26.3 Å². The van der Waals surface area contributed by atoms with Gasteiger partial charge in [0.2, 0.25) is 5.91 Å². The Morgan fingerprint density at radius 2 is 1.96 bits per heavy atom. The Bertz CT molecular complexity index is 717. The van der Waals surface area contributed by atoms with E-state index in [1.54, 1.807) is 4.90 Å². The molecule has 1 amide bonds. The number of nitrogens with zero attached hydrogens (tertiary/aromatic N) is 4. The number of aryl methyl sites for hydroxylation is 2. The molecule has 2 heterocycles. The summed E-state index contributed by atoms with van der Waals surface area (Å²) in [5, 5.41) is 4.52. The number of carbonyl (C=O) groups excluding carboxylic acids is 1. The van der Waals surface area contributed by atoms with E-state index < -0.39 is 0 Å². The maximum Gasteiger partial charge on any atom is 0.239 e. The summed E-state index contributed by atoms with van der Waals surface area (Å²) in [5.41, 5.74) is 4.47. The molecule has 2 aromatic rings. The minimum absolute atomic E-state index is 0.0238. The number of aromatic nitrogens is 2. The van der Waals surface area contributed by atoms with E-state index in [9.17, 15) is 4.79 Å². The zero-order valence-corrected chi connectivity index (χ0v) is 15.0. The van der Waals surface area contributed by atoms with E-state index in [0.717, 1.165) is 43.0 Å². The summed E-state index contributed by atoms with van der Waals surface area (Å²) in [6.07, 6.45) is 2.05. The number of likely N-dealkylation sites (tertiary alicyclic amines) is 1.